The van der Waals surface area contributed by atoms with Crippen molar-refractivity contribution in [3.8, 4) is 11.8 Å². The second kappa shape index (κ2) is 6.44. The smallest absolute Gasteiger partial charge is 0.328 e. The normalized spacial score (nSPS) is 9.93. The molecular formula is C11H9BrO2S. The van der Waals surface area contributed by atoms with E-state index in [-0.39, 0.29) is 0 Å². The SMILES string of the molecule is O=C(O)/C=C/c1cc(C#CCCBr)cs1. The van der Waals surface area contributed by atoms with E-state index in [1.807, 2.05) is 11.4 Å². The molecule has 1 N–H and O–H groups in total. The first kappa shape index (κ1) is 12.0. The molecule has 0 spiro atoms. The summed E-state index contributed by atoms with van der Waals surface area (Å²) in [5, 5.41) is 11.2. The molecule has 0 fully saturated rings. The Balaban J connectivity index is 2.65. The lowest BCUT2D eigenvalue weighted by atomic mass is 10.3. The number of hydrogen-bond donors (Lipinski definition) is 1. The van der Waals surface area contributed by atoms with Crippen LogP contribution in [0.15, 0.2) is 17.5 Å². The van der Waals surface area contributed by atoms with Crippen molar-refractivity contribution < 1.29 is 9.90 Å². The molecule has 2 nitrogen and oxygen atoms in total. The summed E-state index contributed by atoms with van der Waals surface area (Å²) in [7, 11) is 0. The second-order valence-corrected chi connectivity index (χ2v) is 4.39. The standard InChI is InChI=1S/C11H9BrO2S/c12-6-2-1-3-9-7-10(15-8-9)4-5-11(13)14/h4-5,7-8H,2,6H2,(H,13,14)/b5-4+. The molecule has 0 aliphatic heterocycles. The Morgan fingerprint density at radius 2 is 2.47 bits per heavy atom. The number of aliphatic carboxylic acids is 1. The second-order valence-electron chi connectivity index (χ2n) is 2.65. The van der Waals surface area contributed by atoms with Gasteiger partial charge < -0.3 is 5.11 Å². The number of carboxylic acid groups (broad SMARTS) is 1. The van der Waals surface area contributed by atoms with Crippen LogP contribution in [-0.2, 0) is 4.79 Å². The number of hydrogen-bond acceptors (Lipinski definition) is 2. The monoisotopic (exact) mass is 284 g/mol. The Morgan fingerprint density at radius 1 is 1.67 bits per heavy atom. The summed E-state index contributed by atoms with van der Waals surface area (Å²) in [6.45, 7) is 0. The molecular weight excluding hydrogens is 276 g/mol. The van der Waals surface area contributed by atoms with Crippen LogP contribution in [0.5, 0.6) is 0 Å². The minimum Gasteiger partial charge on any atom is -0.478 e. The van der Waals surface area contributed by atoms with Gasteiger partial charge in [-0.1, -0.05) is 27.8 Å². The fourth-order valence-electron chi connectivity index (χ4n) is 0.871. The average molecular weight is 285 g/mol. The molecule has 0 aliphatic carbocycles. The first-order chi connectivity index (χ1) is 7.22. The van der Waals surface area contributed by atoms with Crippen LogP contribution in [0.4, 0.5) is 0 Å². The Labute approximate surface area is 101 Å². The topological polar surface area (TPSA) is 37.3 Å². The van der Waals surface area contributed by atoms with Gasteiger partial charge in [-0.3, -0.25) is 0 Å². The summed E-state index contributed by atoms with van der Waals surface area (Å²) in [5.41, 5.74) is 0.936. The Bertz CT molecular complexity index is 423. The van der Waals surface area contributed by atoms with Gasteiger partial charge in [0.25, 0.3) is 0 Å². The fourth-order valence-corrected chi connectivity index (χ4v) is 1.80. The summed E-state index contributed by atoms with van der Waals surface area (Å²) in [6, 6.07) is 1.88. The van der Waals surface area contributed by atoms with E-state index in [4.69, 9.17) is 5.11 Å². The van der Waals surface area contributed by atoms with E-state index in [0.717, 1.165) is 28.3 Å². The van der Waals surface area contributed by atoms with Crippen molar-refractivity contribution >= 4 is 39.3 Å². The highest BCUT2D eigenvalue weighted by Crippen LogP contribution is 2.15. The predicted molar refractivity (Wildman–Crippen MR) is 66.3 cm³/mol. The minimum atomic E-state index is -0.935. The van der Waals surface area contributed by atoms with Crippen LogP contribution in [0.1, 0.15) is 16.9 Å². The van der Waals surface area contributed by atoms with E-state index in [1.54, 1.807) is 6.08 Å². The zero-order valence-electron chi connectivity index (χ0n) is 7.87. The van der Waals surface area contributed by atoms with Gasteiger partial charge in [0.2, 0.25) is 0 Å². The van der Waals surface area contributed by atoms with Crippen LogP contribution < -0.4 is 0 Å². The van der Waals surface area contributed by atoms with Gasteiger partial charge in [0.15, 0.2) is 0 Å². The van der Waals surface area contributed by atoms with E-state index in [9.17, 15) is 4.79 Å². The molecule has 1 aromatic rings. The van der Waals surface area contributed by atoms with Crippen LogP contribution >= 0.6 is 27.3 Å². The molecule has 0 saturated carbocycles. The Morgan fingerprint density at radius 3 is 3.13 bits per heavy atom. The molecule has 0 aliphatic rings. The van der Waals surface area contributed by atoms with Crippen molar-refractivity contribution in [3.63, 3.8) is 0 Å². The zero-order valence-corrected chi connectivity index (χ0v) is 10.3. The minimum absolute atomic E-state index is 0.816. The van der Waals surface area contributed by atoms with Gasteiger partial charge in [0.05, 0.1) is 0 Å². The number of thiophene rings is 1. The van der Waals surface area contributed by atoms with Gasteiger partial charge in [-0.05, 0) is 12.1 Å². The van der Waals surface area contributed by atoms with Crippen LogP contribution in [0.2, 0.25) is 0 Å². The maximum absolute atomic E-state index is 10.3. The summed E-state index contributed by atoms with van der Waals surface area (Å²) in [6.07, 6.45) is 3.51. The van der Waals surface area contributed by atoms with Gasteiger partial charge in [-0.25, -0.2) is 4.79 Å². The number of halogens is 1. The van der Waals surface area contributed by atoms with E-state index < -0.39 is 5.97 Å². The van der Waals surface area contributed by atoms with Gasteiger partial charge >= 0.3 is 5.97 Å². The van der Waals surface area contributed by atoms with E-state index in [2.05, 4.69) is 27.8 Å². The molecule has 1 aromatic heterocycles. The third-order valence-corrected chi connectivity index (χ3v) is 2.76. The molecule has 1 rings (SSSR count). The zero-order chi connectivity index (χ0) is 11.1. The Kier molecular flexibility index (Phi) is 5.16. The largest absolute Gasteiger partial charge is 0.478 e. The molecule has 0 amide bonds. The Hall–Kier alpha value is -1.05. The van der Waals surface area contributed by atoms with E-state index >= 15 is 0 Å². The van der Waals surface area contributed by atoms with Crippen molar-refractivity contribution in [1.29, 1.82) is 0 Å². The van der Waals surface area contributed by atoms with E-state index in [1.165, 1.54) is 11.3 Å². The van der Waals surface area contributed by atoms with Crippen molar-refractivity contribution in [3.05, 3.63) is 28.0 Å². The molecule has 1 heterocycles. The average Bonchev–Trinajstić information content (AvgIpc) is 2.63. The molecule has 0 unspecified atom stereocenters. The van der Waals surface area contributed by atoms with E-state index in [0.29, 0.717) is 0 Å². The van der Waals surface area contributed by atoms with Crippen LogP contribution in [0.25, 0.3) is 6.08 Å². The molecule has 0 radical (unpaired) electrons. The third-order valence-electron chi connectivity index (χ3n) is 1.46. The number of carbonyl (C=O) groups is 1. The van der Waals surface area contributed by atoms with Crippen molar-refractivity contribution in [2.24, 2.45) is 0 Å². The predicted octanol–water partition coefficient (Wildman–Crippen LogP) is 2.98. The van der Waals surface area contributed by atoms with Crippen LogP contribution in [0, 0.1) is 11.8 Å². The highest BCUT2D eigenvalue weighted by molar-refractivity contribution is 9.09. The molecule has 15 heavy (non-hydrogen) atoms. The molecule has 0 aromatic carbocycles. The maximum Gasteiger partial charge on any atom is 0.328 e. The summed E-state index contributed by atoms with van der Waals surface area (Å²) in [4.78, 5) is 11.2. The van der Waals surface area contributed by atoms with Gasteiger partial charge in [0, 0.05) is 33.6 Å². The molecule has 0 saturated heterocycles. The summed E-state index contributed by atoms with van der Waals surface area (Å²) >= 11 is 4.78. The van der Waals surface area contributed by atoms with Gasteiger partial charge in [0.1, 0.15) is 0 Å². The molecule has 78 valence electrons. The number of alkyl halides is 1. The fraction of sp³-hybridized carbons (Fsp3) is 0.182. The number of rotatable bonds is 3. The lowest BCUT2D eigenvalue weighted by Gasteiger charge is -1.80. The number of carboxylic acids is 1. The molecule has 0 atom stereocenters. The van der Waals surface area contributed by atoms with Crippen LogP contribution in [0.3, 0.4) is 0 Å². The highest BCUT2D eigenvalue weighted by atomic mass is 79.9. The molecule has 4 heteroatoms. The quantitative estimate of drug-likeness (QED) is 0.526. The highest BCUT2D eigenvalue weighted by Gasteiger charge is 1.94. The van der Waals surface area contributed by atoms with Gasteiger partial charge in [-0.15, -0.1) is 11.3 Å². The first-order valence-electron chi connectivity index (χ1n) is 4.27. The summed E-state index contributed by atoms with van der Waals surface area (Å²) < 4.78 is 0. The lowest BCUT2D eigenvalue weighted by Crippen LogP contribution is -1.84. The lowest BCUT2D eigenvalue weighted by molar-refractivity contribution is -0.131. The first-order valence-corrected chi connectivity index (χ1v) is 6.27. The van der Waals surface area contributed by atoms with Gasteiger partial charge in [-0.2, -0.15) is 0 Å². The maximum atomic E-state index is 10.3. The van der Waals surface area contributed by atoms with Crippen LogP contribution in [-0.4, -0.2) is 16.4 Å². The van der Waals surface area contributed by atoms with Crippen molar-refractivity contribution in [1.82, 2.24) is 0 Å². The van der Waals surface area contributed by atoms with Crippen molar-refractivity contribution in [2.75, 3.05) is 5.33 Å². The third kappa shape index (κ3) is 4.82. The summed E-state index contributed by atoms with van der Waals surface area (Å²) in [5.74, 6) is 5.07. The molecule has 0 bridgehead atoms. The van der Waals surface area contributed by atoms with Crippen molar-refractivity contribution in [2.45, 2.75) is 6.42 Å².